The minimum Gasteiger partial charge on any atom is -0.376 e. The number of hydrogen-bond acceptors (Lipinski definition) is 2. The molecule has 0 amide bonds. The van der Waals surface area contributed by atoms with E-state index < -0.39 is 0 Å². The molecular formula is C5H12N2. The van der Waals surface area contributed by atoms with Crippen molar-refractivity contribution in [2.45, 2.75) is 19.5 Å². The number of nitrogens with one attached hydrogen (secondary N) is 1. The Morgan fingerprint density at radius 3 is 2.71 bits per heavy atom. The summed E-state index contributed by atoms with van der Waals surface area (Å²) in [6.45, 7) is 5.47. The quantitative estimate of drug-likeness (QED) is 0.504. The zero-order valence-electron chi connectivity index (χ0n) is 4.65. The molecule has 0 rings (SSSR count). The molecule has 0 fully saturated rings. The molecule has 2 nitrogen and oxygen atoms in total. The second-order valence-electron chi connectivity index (χ2n) is 1.39. The van der Waals surface area contributed by atoms with E-state index in [-0.39, 0.29) is 6.17 Å². The Balaban J connectivity index is 2.98. The van der Waals surface area contributed by atoms with Gasteiger partial charge in [-0.05, 0) is 12.6 Å². The van der Waals surface area contributed by atoms with Crippen molar-refractivity contribution >= 4 is 0 Å². The molecule has 0 aliphatic rings. The van der Waals surface area contributed by atoms with E-state index in [1.165, 1.54) is 0 Å². The Kier molecular flexibility index (Phi) is 3.42. The second kappa shape index (κ2) is 3.68. The molecule has 0 radical (unpaired) electrons. The van der Waals surface area contributed by atoms with Crippen LogP contribution in [0.2, 0.25) is 0 Å². The van der Waals surface area contributed by atoms with Crippen LogP contribution < -0.4 is 11.1 Å². The number of nitrogens with two attached hydrogens (primary N) is 1. The molecule has 3 N–H and O–H groups in total. The van der Waals surface area contributed by atoms with E-state index in [9.17, 15) is 0 Å². The van der Waals surface area contributed by atoms with Gasteiger partial charge >= 0.3 is 0 Å². The van der Waals surface area contributed by atoms with E-state index in [0.29, 0.717) is 0 Å². The fourth-order valence-corrected chi connectivity index (χ4v) is 0.269. The van der Waals surface area contributed by atoms with Gasteiger partial charge in [-0.15, -0.1) is 0 Å². The summed E-state index contributed by atoms with van der Waals surface area (Å²) in [5.41, 5.74) is 5.40. The molecule has 7 heavy (non-hydrogen) atoms. The molecule has 0 saturated carbocycles. The highest BCUT2D eigenvalue weighted by atomic mass is 15.0. The maximum atomic E-state index is 5.40. The minimum absolute atomic E-state index is 0.0810. The topological polar surface area (TPSA) is 38.0 Å². The van der Waals surface area contributed by atoms with Crippen LogP contribution in [0, 0.1) is 0 Å². The fourth-order valence-electron chi connectivity index (χ4n) is 0.269. The van der Waals surface area contributed by atoms with Gasteiger partial charge in [0.1, 0.15) is 0 Å². The van der Waals surface area contributed by atoms with E-state index in [1.807, 2.05) is 6.92 Å². The highest BCUT2D eigenvalue weighted by molar-refractivity contribution is 4.66. The lowest BCUT2D eigenvalue weighted by Crippen LogP contribution is -2.32. The van der Waals surface area contributed by atoms with Gasteiger partial charge in [0, 0.05) is 0 Å². The van der Waals surface area contributed by atoms with Crippen LogP contribution in [0.3, 0.4) is 0 Å². The molecule has 0 aliphatic heterocycles. The van der Waals surface area contributed by atoms with Crippen LogP contribution >= 0.6 is 0 Å². The van der Waals surface area contributed by atoms with Gasteiger partial charge in [0.05, 0.1) is 6.17 Å². The molecule has 1 atom stereocenters. The third-order valence-corrected chi connectivity index (χ3v) is 0.772. The predicted octanol–water partition coefficient (Wildman–Crippen LogP) is 0.414. The zero-order valence-corrected chi connectivity index (χ0v) is 4.65. The fraction of sp³-hybridized carbons (Fsp3) is 0.600. The van der Waals surface area contributed by atoms with Crippen molar-refractivity contribution < 1.29 is 0 Å². The van der Waals surface area contributed by atoms with Crippen LogP contribution in [0.25, 0.3) is 0 Å². The monoisotopic (exact) mass is 100 g/mol. The third-order valence-electron chi connectivity index (χ3n) is 0.772. The Morgan fingerprint density at radius 1 is 2.00 bits per heavy atom. The summed E-state index contributed by atoms with van der Waals surface area (Å²) in [6.07, 6.45) is 2.62. The summed E-state index contributed by atoms with van der Waals surface area (Å²) in [5, 5.41) is 2.84. The first-order valence-electron chi connectivity index (χ1n) is 2.43. The standard InChI is InChI=1S/C5H12N2/c1-3-5(6)7-4-2/h4-5,7H,2-3,6H2,1H3. The smallest absolute Gasteiger partial charge is 0.0735 e. The van der Waals surface area contributed by atoms with Crippen LogP contribution in [0.1, 0.15) is 13.3 Å². The summed E-state index contributed by atoms with van der Waals surface area (Å²) >= 11 is 0. The molecule has 1 unspecified atom stereocenters. The second-order valence-corrected chi connectivity index (χ2v) is 1.39. The van der Waals surface area contributed by atoms with Crippen molar-refractivity contribution in [3.63, 3.8) is 0 Å². The van der Waals surface area contributed by atoms with Gasteiger partial charge in [0.25, 0.3) is 0 Å². The van der Waals surface area contributed by atoms with Gasteiger partial charge in [0.2, 0.25) is 0 Å². The molecular weight excluding hydrogens is 88.1 g/mol. The lowest BCUT2D eigenvalue weighted by Gasteiger charge is -2.05. The average Bonchev–Trinajstić information content (AvgIpc) is 1.68. The third kappa shape index (κ3) is 3.33. The van der Waals surface area contributed by atoms with Crippen molar-refractivity contribution in [3.05, 3.63) is 12.8 Å². The highest BCUT2D eigenvalue weighted by Crippen LogP contribution is 1.76. The van der Waals surface area contributed by atoms with Gasteiger partial charge in [-0.1, -0.05) is 13.5 Å². The van der Waals surface area contributed by atoms with Crippen molar-refractivity contribution in [2.24, 2.45) is 5.73 Å². The first-order valence-corrected chi connectivity index (χ1v) is 2.43. The van der Waals surface area contributed by atoms with E-state index in [2.05, 4.69) is 11.9 Å². The van der Waals surface area contributed by atoms with E-state index >= 15 is 0 Å². The minimum atomic E-state index is 0.0810. The van der Waals surface area contributed by atoms with Crippen molar-refractivity contribution in [1.82, 2.24) is 5.32 Å². The first-order chi connectivity index (χ1) is 3.31. The Hall–Kier alpha value is -0.500. The van der Waals surface area contributed by atoms with Crippen LogP contribution in [0.4, 0.5) is 0 Å². The normalized spacial score (nSPS) is 12.9. The molecule has 0 aromatic heterocycles. The van der Waals surface area contributed by atoms with Crippen molar-refractivity contribution in [1.29, 1.82) is 0 Å². The summed E-state index contributed by atoms with van der Waals surface area (Å²) in [7, 11) is 0. The van der Waals surface area contributed by atoms with E-state index in [1.54, 1.807) is 6.20 Å². The van der Waals surface area contributed by atoms with Crippen LogP contribution in [0.5, 0.6) is 0 Å². The molecule has 0 saturated heterocycles. The predicted molar refractivity (Wildman–Crippen MR) is 31.6 cm³/mol. The maximum absolute atomic E-state index is 5.40. The SMILES string of the molecule is C=CNC(N)CC. The van der Waals surface area contributed by atoms with E-state index in [0.717, 1.165) is 6.42 Å². The Labute approximate surface area is 44.4 Å². The molecule has 0 aliphatic carbocycles. The van der Waals surface area contributed by atoms with Crippen molar-refractivity contribution in [3.8, 4) is 0 Å². The average molecular weight is 100 g/mol. The van der Waals surface area contributed by atoms with Gasteiger partial charge in [-0.2, -0.15) is 0 Å². The van der Waals surface area contributed by atoms with Crippen LogP contribution in [0.15, 0.2) is 12.8 Å². The summed E-state index contributed by atoms with van der Waals surface area (Å²) in [5.74, 6) is 0. The molecule has 0 aromatic carbocycles. The summed E-state index contributed by atoms with van der Waals surface area (Å²) < 4.78 is 0. The Bertz CT molecular complexity index is 52.0. The lowest BCUT2D eigenvalue weighted by atomic mass is 10.4. The molecule has 0 spiro atoms. The van der Waals surface area contributed by atoms with Gasteiger partial charge in [-0.25, -0.2) is 0 Å². The number of rotatable bonds is 3. The summed E-state index contributed by atoms with van der Waals surface area (Å²) in [6, 6.07) is 0. The molecule has 2 heteroatoms. The molecule has 42 valence electrons. The van der Waals surface area contributed by atoms with E-state index in [4.69, 9.17) is 5.73 Å². The van der Waals surface area contributed by atoms with Gasteiger partial charge < -0.3 is 11.1 Å². The van der Waals surface area contributed by atoms with Gasteiger partial charge in [-0.3, -0.25) is 0 Å². The molecule has 0 bridgehead atoms. The lowest BCUT2D eigenvalue weighted by molar-refractivity contribution is 0.592. The zero-order chi connectivity index (χ0) is 5.70. The van der Waals surface area contributed by atoms with Crippen molar-refractivity contribution in [2.75, 3.05) is 0 Å². The maximum Gasteiger partial charge on any atom is 0.0735 e. The van der Waals surface area contributed by atoms with Gasteiger partial charge in [0.15, 0.2) is 0 Å². The Morgan fingerprint density at radius 2 is 2.57 bits per heavy atom. The highest BCUT2D eigenvalue weighted by Gasteiger charge is 1.87. The first kappa shape index (κ1) is 6.50. The van der Waals surface area contributed by atoms with Crippen LogP contribution in [-0.2, 0) is 0 Å². The largest absolute Gasteiger partial charge is 0.376 e. The summed E-state index contributed by atoms with van der Waals surface area (Å²) in [4.78, 5) is 0. The molecule has 0 aromatic rings. The molecule has 0 heterocycles. The van der Waals surface area contributed by atoms with Crippen LogP contribution in [-0.4, -0.2) is 6.17 Å². The number of hydrogen-bond donors (Lipinski definition) is 2.